The molecular formula is C12H15Cl2NO2S. The van der Waals surface area contributed by atoms with Crippen molar-refractivity contribution < 1.29 is 8.42 Å². The molecule has 100 valence electrons. The Bertz CT molecular complexity index is 525. The smallest absolute Gasteiger partial charge is 0.261 e. The second kappa shape index (κ2) is 5.78. The highest BCUT2D eigenvalue weighted by molar-refractivity contribution is 8.13. The summed E-state index contributed by atoms with van der Waals surface area (Å²) in [6.45, 7) is 2.82. The van der Waals surface area contributed by atoms with Crippen LogP contribution < -0.4 is 0 Å². The molecule has 1 aliphatic rings. The number of likely N-dealkylation sites (tertiary alicyclic amines) is 1. The van der Waals surface area contributed by atoms with Gasteiger partial charge in [0.2, 0.25) is 0 Å². The summed E-state index contributed by atoms with van der Waals surface area (Å²) in [5.74, 6) is 0. The number of benzene rings is 1. The van der Waals surface area contributed by atoms with Crippen molar-refractivity contribution in [2.75, 3.05) is 13.1 Å². The minimum Gasteiger partial charge on any atom is -0.299 e. The zero-order chi connectivity index (χ0) is 13.2. The molecule has 3 nitrogen and oxygen atoms in total. The number of piperidine rings is 1. The average molecular weight is 308 g/mol. The van der Waals surface area contributed by atoms with Gasteiger partial charge in [-0.1, -0.05) is 18.0 Å². The summed E-state index contributed by atoms with van der Waals surface area (Å²) in [7, 11) is 1.63. The molecule has 1 aliphatic heterocycles. The Balaban J connectivity index is 2.20. The number of rotatable bonds is 3. The van der Waals surface area contributed by atoms with E-state index in [9.17, 15) is 8.42 Å². The number of nitrogens with zero attached hydrogens (tertiary/aromatic N) is 1. The van der Waals surface area contributed by atoms with E-state index >= 15 is 0 Å². The topological polar surface area (TPSA) is 37.4 Å². The molecule has 1 aromatic rings. The predicted molar refractivity (Wildman–Crippen MR) is 73.6 cm³/mol. The van der Waals surface area contributed by atoms with E-state index < -0.39 is 9.05 Å². The van der Waals surface area contributed by atoms with E-state index in [0.29, 0.717) is 5.02 Å². The van der Waals surface area contributed by atoms with Gasteiger partial charge in [-0.15, -0.1) is 0 Å². The van der Waals surface area contributed by atoms with Crippen molar-refractivity contribution in [3.8, 4) is 0 Å². The monoisotopic (exact) mass is 307 g/mol. The van der Waals surface area contributed by atoms with Crippen LogP contribution in [0.3, 0.4) is 0 Å². The number of halogens is 2. The summed E-state index contributed by atoms with van der Waals surface area (Å²) in [6, 6.07) is 4.77. The van der Waals surface area contributed by atoms with Crippen LogP contribution in [0.2, 0.25) is 5.02 Å². The standard InChI is InChI=1S/C12H15Cl2NO2S/c13-11-6-10(7-12(8-11)18(14,16)17)9-15-4-2-1-3-5-15/h6-8H,1-5,9H2. The van der Waals surface area contributed by atoms with E-state index in [2.05, 4.69) is 4.90 Å². The molecule has 0 saturated carbocycles. The van der Waals surface area contributed by atoms with Crippen LogP contribution in [0.1, 0.15) is 24.8 Å². The van der Waals surface area contributed by atoms with Crippen molar-refractivity contribution in [2.24, 2.45) is 0 Å². The van der Waals surface area contributed by atoms with Gasteiger partial charge >= 0.3 is 0 Å². The van der Waals surface area contributed by atoms with Crippen LogP contribution in [0.4, 0.5) is 0 Å². The molecule has 2 rings (SSSR count). The van der Waals surface area contributed by atoms with Gasteiger partial charge in [0.05, 0.1) is 4.90 Å². The molecule has 0 aliphatic carbocycles. The van der Waals surface area contributed by atoms with Crippen molar-refractivity contribution in [3.05, 3.63) is 28.8 Å². The average Bonchev–Trinajstić information content (AvgIpc) is 2.28. The van der Waals surface area contributed by atoms with Gasteiger partial charge in [0, 0.05) is 22.2 Å². The highest BCUT2D eigenvalue weighted by atomic mass is 35.7. The van der Waals surface area contributed by atoms with Crippen molar-refractivity contribution in [1.82, 2.24) is 4.90 Å². The molecule has 1 aromatic carbocycles. The van der Waals surface area contributed by atoms with Gasteiger partial charge in [-0.25, -0.2) is 8.42 Å². The molecule has 0 aromatic heterocycles. The summed E-state index contributed by atoms with van der Waals surface area (Å²) >= 11 is 5.93. The lowest BCUT2D eigenvalue weighted by Crippen LogP contribution is -2.29. The lowest BCUT2D eigenvalue weighted by Gasteiger charge is -2.26. The van der Waals surface area contributed by atoms with Crippen LogP contribution in [-0.2, 0) is 15.6 Å². The van der Waals surface area contributed by atoms with E-state index in [-0.39, 0.29) is 4.90 Å². The maximum Gasteiger partial charge on any atom is 0.261 e. The van der Waals surface area contributed by atoms with Gasteiger partial charge < -0.3 is 0 Å². The highest BCUT2D eigenvalue weighted by Gasteiger charge is 2.15. The van der Waals surface area contributed by atoms with Crippen LogP contribution in [0.25, 0.3) is 0 Å². The zero-order valence-electron chi connectivity index (χ0n) is 9.90. The fourth-order valence-corrected chi connectivity index (χ4v) is 3.38. The van der Waals surface area contributed by atoms with Crippen LogP contribution in [0.5, 0.6) is 0 Å². The SMILES string of the molecule is O=S(=O)(Cl)c1cc(Cl)cc(CN2CCCCC2)c1. The molecule has 0 N–H and O–H groups in total. The van der Waals surface area contributed by atoms with E-state index in [1.54, 1.807) is 12.1 Å². The van der Waals surface area contributed by atoms with E-state index in [4.69, 9.17) is 22.3 Å². The minimum absolute atomic E-state index is 0.0728. The summed E-state index contributed by atoms with van der Waals surface area (Å²) in [5, 5.41) is 0.406. The molecule has 6 heteroatoms. The highest BCUT2D eigenvalue weighted by Crippen LogP contribution is 2.23. The Hall–Kier alpha value is -0.290. The van der Waals surface area contributed by atoms with Crippen molar-refractivity contribution in [3.63, 3.8) is 0 Å². The number of hydrogen-bond acceptors (Lipinski definition) is 3. The minimum atomic E-state index is -3.72. The van der Waals surface area contributed by atoms with Crippen LogP contribution in [-0.4, -0.2) is 26.4 Å². The first-order valence-electron chi connectivity index (χ1n) is 5.92. The molecule has 0 radical (unpaired) electrons. The third-order valence-corrected chi connectivity index (χ3v) is 4.62. The Morgan fingerprint density at radius 2 is 1.78 bits per heavy atom. The molecule has 1 saturated heterocycles. The Labute approximate surface area is 117 Å². The van der Waals surface area contributed by atoms with Gasteiger partial charge in [-0.3, -0.25) is 4.90 Å². The van der Waals surface area contributed by atoms with Crippen molar-refractivity contribution in [2.45, 2.75) is 30.7 Å². The molecule has 0 amide bonds. The quantitative estimate of drug-likeness (QED) is 0.804. The first-order chi connectivity index (χ1) is 8.45. The largest absolute Gasteiger partial charge is 0.299 e. The molecule has 0 unspecified atom stereocenters. The number of hydrogen-bond donors (Lipinski definition) is 0. The lowest BCUT2D eigenvalue weighted by molar-refractivity contribution is 0.221. The molecule has 18 heavy (non-hydrogen) atoms. The van der Waals surface area contributed by atoms with Crippen LogP contribution >= 0.6 is 22.3 Å². The van der Waals surface area contributed by atoms with Gasteiger partial charge in [0.25, 0.3) is 9.05 Å². The second-order valence-electron chi connectivity index (χ2n) is 4.57. The van der Waals surface area contributed by atoms with Crippen LogP contribution in [0, 0.1) is 0 Å². The maximum absolute atomic E-state index is 11.3. The lowest BCUT2D eigenvalue weighted by atomic mass is 10.1. The third kappa shape index (κ3) is 3.85. The van der Waals surface area contributed by atoms with Crippen molar-refractivity contribution >= 4 is 31.3 Å². The van der Waals surface area contributed by atoms with E-state index in [1.165, 1.54) is 25.3 Å². The molecule has 0 bridgehead atoms. The summed E-state index contributed by atoms with van der Waals surface area (Å²) < 4.78 is 22.6. The fraction of sp³-hybridized carbons (Fsp3) is 0.500. The summed E-state index contributed by atoms with van der Waals surface area (Å²) in [5.41, 5.74) is 0.892. The Morgan fingerprint density at radius 3 is 2.39 bits per heavy atom. The first-order valence-corrected chi connectivity index (χ1v) is 8.60. The molecule has 1 heterocycles. The molecule has 0 spiro atoms. The Kier molecular flexibility index (Phi) is 4.54. The molecular weight excluding hydrogens is 293 g/mol. The summed E-state index contributed by atoms with van der Waals surface area (Å²) in [4.78, 5) is 2.38. The van der Waals surface area contributed by atoms with Gasteiger partial charge in [-0.2, -0.15) is 0 Å². The molecule has 1 fully saturated rings. The fourth-order valence-electron chi connectivity index (χ4n) is 2.23. The van der Waals surface area contributed by atoms with Gasteiger partial charge in [-0.05, 0) is 49.7 Å². The normalized spacial score (nSPS) is 17.9. The molecule has 0 atom stereocenters. The van der Waals surface area contributed by atoms with E-state index in [1.807, 2.05) is 0 Å². The Morgan fingerprint density at radius 1 is 1.11 bits per heavy atom. The van der Waals surface area contributed by atoms with E-state index in [0.717, 1.165) is 25.2 Å². The third-order valence-electron chi connectivity index (χ3n) is 3.07. The summed E-state index contributed by atoms with van der Waals surface area (Å²) in [6.07, 6.45) is 3.66. The predicted octanol–water partition coefficient (Wildman–Crippen LogP) is 3.25. The maximum atomic E-state index is 11.3. The van der Waals surface area contributed by atoms with Crippen molar-refractivity contribution in [1.29, 1.82) is 0 Å². The van der Waals surface area contributed by atoms with Gasteiger partial charge in [0.1, 0.15) is 0 Å². The zero-order valence-corrected chi connectivity index (χ0v) is 12.2. The second-order valence-corrected chi connectivity index (χ2v) is 7.57. The van der Waals surface area contributed by atoms with Gasteiger partial charge in [0.15, 0.2) is 0 Å². The first kappa shape index (κ1) is 14.1. The van der Waals surface area contributed by atoms with Crippen LogP contribution in [0.15, 0.2) is 23.1 Å².